The number of amides is 2. The average molecular weight is 476 g/mol. The number of aliphatic hydroxyl groups is 1. The predicted molar refractivity (Wildman–Crippen MR) is 122 cm³/mol. The molecule has 33 heavy (non-hydrogen) atoms. The van der Waals surface area contributed by atoms with Gasteiger partial charge < -0.3 is 26.5 Å². The number of nitrogens with one attached hydrogen (secondary N) is 2. The third kappa shape index (κ3) is 4.58. The predicted octanol–water partition coefficient (Wildman–Crippen LogP) is 2.60. The fraction of sp³-hybridized carbons (Fsp3) is 0.286. The van der Waals surface area contributed by atoms with Crippen LogP contribution < -0.4 is 22.3 Å². The maximum atomic E-state index is 14.8. The van der Waals surface area contributed by atoms with Crippen molar-refractivity contribution in [3.8, 4) is 21.8 Å². The van der Waals surface area contributed by atoms with Gasteiger partial charge in [0.25, 0.3) is 0 Å². The SMILES string of the molecule is Cc1nc(CNC(=O)N2CCC(O)C2)sc1-c1cccc(-c2cc(F)c(N)c(NN)c2F)n1. The van der Waals surface area contributed by atoms with E-state index in [9.17, 15) is 18.7 Å². The van der Waals surface area contributed by atoms with Gasteiger partial charge in [-0.1, -0.05) is 6.07 Å². The van der Waals surface area contributed by atoms with Gasteiger partial charge in [-0.05, 0) is 31.5 Å². The Morgan fingerprint density at radius 2 is 2.09 bits per heavy atom. The first-order valence-corrected chi connectivity index (χ1v) is 11.0. The molecule has 3 heterocycles. The van der Waals surface area contributed by atoms with Crippen molar-refractivity contribution < 1.29 is 18.7 Å². The first-order valence-electron chi connectivity index (χ1n) is 10.2. The molecule has 0 spiro atoms. The summed E-state index contributed by atoms with van der Waals surface area (Å²) in [5, 5.41) is 13.1. The second-order valence-corrected chi connectivity index (χ2v) is 8.71. The van der Waals surface area contributed by atoms with Gasteiger partial charge in [0.05, 0.1) is 40.3 Å². The van der Waals surface area contributed by atoms with E-state index in [1.54, 1.807) is 23.1 Å². The zero-order valence-corrected chi connectivity index (χ0v) is 18.5. The number of carbonyl (C=O) groups excluding carboxylic acids is 1. The number of aliphatic hydroxyl groups excluding tert-OH is 1. The Morgan fingerprint density at radius 1 is 1.33 bits per heavy atom. The van der Waals surface area contributed by atoms with Crippen LogP contribution in [0.3, 0.4) is 0 Å². The van der Waals surface area contributed by atoms with Gasteiger partial charge in [-0.15, -0.1) is 11.3 Å². The number of hydrazine groups is 1. The number of halogens is 2. The number of nitrogen functional groups attached to an aromatic ring is 2. The highest BCUT2D eigenvalue weighted by atomic mass is 32.1. The van der Waals surface area contributed by atoms with Crippen LogP contribution in [0.5, 0.6) is 0 Å². The quantitative estimate of drug-likeness (QED) is 0.217. The molecule has 7 N–H and O–H groups in total. The summed E-state index contributed by atoms with van der Waals surface area (Å²) in [7, 11) is 0. The normalized spacial score (nSPS) is 15.7. The van der Waals surface area contributed by atoms with Crippen LogP contribution in [0.15, 0.2) is 24.3 Å². The van der Waals surface area contributed by atoms with Crippen molar-refractivity contribution >= 4 is 28.7 Å². The zero-order valence-electron chi connectivity index (χ0n) is 17.7. The van der Waals surface area contributed by atoms with E-state index in [0.29, 0.717) is 35.9 Å². The molecule has 1 aliphatic rings. The van der Waals surface area contributed by atoms with E-state index in [2.05, 4.69) is 20.7 Å². The van der Waals surface area contributed by atoms with Crippen molar-refractivity contribution in [1.82, 2.24) is 20.2 Å². The van der Waals surface area contributed by atoms with Gasteiger partial charge in [0.1, 0.15) is 16.5 Å². The monoisotopic (exact) mass is 475 g/mol. The number of pyridine rings is 1. The topological polar surface area (TPSA) is 142 Å². The maximum Gasteiger partial charge on any atom is 0.317 e. The van der Waals surface area contributed by atoms with Crippen LogP contribution in [0.25, 0.3) is 21.8 Å². The lowest BCUT2D eigenvalue weighted by molar-refractivity contribution is 0.171. The number of β-amino-alcohol motifs (C(OH)–C–C–N with tert-alkyl or cyclic N) is 1. The summed E-state index contributed by atoms with van der Waals surface area (Å²) < 4.78 is 29.0. The van der Waals surface area contributed by atoms with Crippen LogP contribution in [0.2, 0.25) is 0 Å². The minimum Gasteiger partial charge on any atom is -0.395 e. The van der Waals surface area contributed by atoms with Gasteiger partial charge in [-0.25, -0.2) is 23.5 Å². The van der Waals surface area contributed by atoms with Crippen molar-refractivity contribution in [2.75, 3.05) is 24.2 Å². The summed E-state index contributed by atoms with van der Waals surface area (Å²) >= 11 is 1.34. The number of rotatable bonds is 5. The number of anilines is 2. The lowest BCUT2D eigenvalue weighted by Gasteiger charge is -2.15. The summed E-state index contributed by atoms with van der Waals surface area (Å²) in [6, 6.07) is 5.70. The number of hydrogen-bond donors (Lipinski definition) is 5. The molecule has 1 saturated heterocycles. The van der Waals surface area contributed by atoms with Crippen molar-refractivity contribution in [1.29, 1.82) is 0 Å². The first kappa shape index (κ1) is 22.8. The van der Waals surface area contributed by atoms with E-state index < -0.39 is 23.4 Å². The summed E-state index contributed by atoms with van der Waals surface area (Å²) in [6.45, 7) is 2.85. The lowest BCUT2D eigenvalue weighted by atomic mass is 10.1. The van der Waals surface area contributed by atoms with Crippen LogP contribution in [0.1, 0.15) is 17.1 Å². The number of likely N-dealkylation sites (tertiary alicyclic amines) is 1. The minimum atomic E-state index is -0.816. The van der Waals surface area contributed by atoms with Crippen molar-refractivity contribution in [2.24, 2.45) is 5.84 Å². The largest absolute Gasteiger partial charge is 0.395 e. The Balaban J connectivity index is 1.57. The van der Waals surface area contributed by atoms with E-state index in [4.69, 9.17) is 11.6 Å². The molecule has 2 aromatic heterocycles. The molecule has 2 amide bonds. The molecule has 0 bridgehead atoms. The molecule has 1 aromatic carbocycles. The van der Waals surface area contributed by atoms with Crippen LogP contribution in [-0.2, 0) is 6.54 Å². The first-order chi connectivity index (χ1) is 15.8. The Morgan fingerprint density at radius 3 is 2.79 bits per heavy atom. The van der Waals surface area contributed by atoms with Gasteiger partial charge >= 0.3 is 6.03 Å². The summed E-state index contributed by atoms with van der Waals surface area (Å²) in [5.74, 6) is 3.67. The molecule has 1 atom stereocenters. The second kappa shape index (κ2) is 9.25. The fourth-order valence-electron chi connectivity index (χ4n) is 3.63. The molecule has 1 fully saturated rings. The Labute approximate surface area is 192 Å². The molecular weight excluding hydrogens is 452 g/mol. The molecule has 4 rings (SSSR count). The molecule has 12 heteroatoms. The van der Waals surface area contributed by atoms with E-state index >= 15 is 0 Å². The number of benzene rings is 1. The molecule has 174 valence electrons. The van der Waals surface area contributed by atoms with Crippen molar-refractivity contribution in [2.45, 2.75) is 26.0 Å². The molecular formula is C21H23F2N7O2S. The number of urea groups is 1. The van der Waals surface area contributed by atoms with Crippen molar-refractivity contribution in [3.05, 3.63) is 46.6 Å². The van der Waals surface area contributed by atoms with Gasteiger partial charge in [-0.2, -0.15) is 0 Å². The smallest absolute Gasteiger partial charge is 0.317 e. The van der Waals surface area contributed by atoms with E-state index in [1.165, 1.54) is 11.3 Å². The van der Waals surface area contributed by atoms with Gasteiger partial charge in [0.15, 0.2) is 5.82 Å². The second-order valence-electron chi connectivity index (χ2n) is 7.63. The molecule has 0 radical (unpaired) electrons. The number of aryl methyl sites for hydroxylation is 1. The third-order valence-electron chi connectivity index (χ3n) is 5.34. The average Bonchev–Trinajstić information content (AvgIpc) is 3.40. The standard InChI is InChI=1S/C21H23F2N7O2S/c1-10-20(33-16(27-10)8-26-21(32)30-6-5-11(31)9-30)15-4-2-3-14(28-15)12-7-13(22)18(24)19(29-25)17(12)23/h2-4,7,11,29,31H,5-6,8-9,24-25H2,1H3,(H,26,32). The highest BCUT2D eigenvalue weighted by Gasteiger charge is 2.24. The van der Waals surface area contributed by atoms with Crippen LogP contribution in [0.4, 0.5) is 25.0 Å². The molecule has 3 aromatic rings. The minimum absolute atomic E-state index is 0.0843. The molecule has 0 saturated carbocycles. The van der Waals surface area contributed by atoms with Gasteiger partial charge in [-0.3, -0.25) is 5.84 Å². The number of hydrogen-bond acceptors (Lipinski definition) is 8. The molecule has 1 aliphatic heterocycles. The highest BCUT2D eigenvalue weighted by molar-refractivity contribution is 7.15. The number of nitrogens with two attached hydrogens (primary N) is 2. The molecule has 0 aliphatic carbocycles. The summed E-state index contributed by atoms with van der Waals surface area (Å²) in [5.41, 5.74) is 8.23. The lowest BCUT2D eigenvalue weighted by Crippen LogP contribution is -2.38. The number of thiazole rings is 1. The van der Waals surface area contributed by atoms with E-state index in [-0.39, 0.29) is 29.5 Å². The Kier molecular flexibility index (Phi) is 6.40. The van der Waals surface area contributed by atoms with Crippen LogP contribution in [-0.4, -0.2) is 45.2 Å². The summed E-state index contributed by atoms with van der Waals surface area (Å²) in [6.07, 6.45) is 0.0796. The Bertz CT molecular complexity index is 1200. The number of carbonyl (C=O) groups is 1. The third-order valence-corrected chi connectivity index (χ3v) is 6.52. The summed E-state index contributed by atoms with van der Waals surface area (Å²) in [4.78, 5) is 23.5. The number of aromatic nitrogens is 2. The van der Waals surface area contributed by atoms with E-state index in [1.807, 2.05) is 6.92 Å². The number of nitrogens with zero attached hydrogens (tertiary/aromatic N) is 3. The Hall–Kier alpha value is -3.35. The van der Waals surface area contributed by atoms with E-state index in [0.717, 1.165) is 10.9 Å². The molecule has 1 unspecified atom stereocenters. The maximum absolute atomic E-state index is 14.8. The van der Waals surface area contributed by atoms with Crippen LogP contribution >= 0.6 is 11.3 Å². The zero-order chi connectivity index (χ0) is 23.7. The molecule has 9 nitrogen and oxygen atoms in total. The van der Waals surface area contributed by atoms with Crippen LogP contribution in [0, 0.1) is 18.6 Å². The van der Waals surface area contributed by atoms with Gasteiger partial charge in [0, 0.05) is 18.7 Å². The highest BCUT2D eigenvalue weighted by Crippen LogP contribution is 2.35. The fourth-order valence-corrected chi connectivity index (χ4v) is 4.61. The van der Waals surface area contributed by atoms with Crippen molar-refractivity contribution in [3.63, 3.8) is 0 Å². The van der Waals surface area contributed by atoms with Gasteiger partial charge in [0.2, 0.25) is 0 Å².